The molecule has 174 valence electrons. The fourth-order valence-corrected chi connectivity index (χ4v) is 5.32. The van der Waals surface area contributed by atoms with Crippen LogP contribution >= 0.6 is 11.6 Å². The Morgan fingerprint density at radius 3 is 2.39 bits per heavy atom. The highest BCUT2D eigenvalue weighted by Gasteiger charge is 2.30. The molecule has 1 aromatic carbocycles. The van der Waals surface area contributed by atoms with Crippen LogP contribution in [0, 0.1) is 12.7 Å². The predicted octanol–water partition coefficient (Wildman–Crippen LogP) is 4.17. The van der Waals surface area contributed by atoms with E-state index in [1.807, 2.05) is 11.8 Å². The van der Waals surface area contributed by atoms with Crippen LogP contribution in [0.3, 0.4) is 0 Å². The molecule has 1 aliphatic rings. The number of hydrogen-bond acceptors (Lipinski definition) is 6. The summed E-state index contributed by atoms with van der Waals surface area (Å²) >= 11 is 6.44. The summed E-state index contributed by atoms with van der Waals surface area (Å²) in [6.45, 7) is 6.96. The van der Waals surface area contributed by atoms with Crippen molar-refractivity contribution in [3.8, 4) is 22.5 Å². The van der Waals surface area contributed by atoms with Gasteiger partial charge in [0.2, 0.25) is 10.0 Å². The molecule has 0 spiro atoms. The van der Waals surface area contributed by atoms with Crippen molar-refractivity contribution in [2.75, 3.05) is 31.1 Å². The quantitative estimate of drug-likeness (QED) is 0.535. The van der Waals surface area contributed by atoms with Gasteiger partial charge in [0.25, 0.3) is 0 Å². The summed E-state index contributed by atoms with van der Waals surface area (Å²) in [6, 6.07) is 6.30. The minimum Gasteiger partial charge on any atom is -0.353 e. The average molecular weight is 490 g/mol. The molecule has 0 aliphatic carbocycles. The Balaban J connectivity index is 1.72. The van der Waals surface area contributed by atoms with Gasteiger partial charge in [-0.05, 0) is 50.6 Å². The number of nitrogens with zero attached hydrogens (tertiary/aromatic N) is 5. The van der Waals surface area contributed by atoms with Crippen molar-refractivity contribution in [1.29, 1.82) is 0 Å². The van der Waals surface area contributed by atoms with E-state index in [1.54, 1.807) is 44.6 Å². The zero-order valence-electron chi connectivity index (χ0n) is 18.7. The highest BCUT2D eigenvalue weighted by molar-refractivity contribution is 7.89. The Hall–Kier alpha value is -2.62. The smallest absolute Gasteiger partial charge is 0.216 e. The van der Waals surface area contributed by atoms with Crippen LogP contribution in [0.15, 0.2) is 42.9 Å². The summed E-state index contributed by atoms with van der Waals surface area (Å²) in [5.74, 6) is 0.307. The molecule has 0 amide bonds. The Bertz CT molecular complexity index is 1280. The Kier molecular flexibility index (Phi) is 6.65. The lowest BCUT2D eigenvalue weighted by atomic mass is 10.0. The predicted molar refractivity (Wildman–Crippen MR) is 128 cm³/mol. The number of sulfonamides is 1. The van der Waals surface area contributed by atoms with Crippen molar-refractivity contribution in [3.63, 3.8) is 0 Å². The average Bonchev–Trinajstić information content (AvgIpc) is 2.79. The van der Waals surface area contributed by atoms with Gasteiger partial charge in [-0.25, -0.2) is 17.8 Å². The van der Waals surface area contributed by atoms with Gasteiger partial charge in [0.15, 0.2) is 0 Å². The third kappa shape index (κ3) is 4.71. The molecule has 1 aliphatic heterocycles. The number of anilines is 1. The molecule has 1 fully saturated rings. The van der Waals surface area contributed by atoms with Gasteiger partial charge in [0.05, 0.1) is 22.2 Å². The van der Waals surface area contributed by atoms with Crippen LogP contribution < -0.4 is 4.90 Å². The number of halogens is 2. The molecule has 1 saturated heterocycles. The Morgan fingerprint density at radius 2 is 1.76 bits per heavy atom. The Labute approximate surface area is 198 Å². The van der Waals surface area contributed by atoms with E-state index < -0.39 is 15.3 Å². The topological polar surface area (TPSA) is 79.3 Å². The number of piperazine rings is 1. The standard InChI is InChI=1S/C23H25ClFN5O2S/c1-15(2)33(31,32)30-10-8-29(9-11-30)21-14-27-22(18-5-4-17(25)12-16(18)3)23(28-21)19-6-7-26-13-20(19)24/h4-7,12-15H,8-11H2,1-3H3. The molecule has 0 N–H and O–H groups in total. The second-order valence-corrected chi connectivity index (χ2v) is 11.1. The minimum atomic E-state index is -3.30. The molecule has 7 nitrogen and oxygen atoms in total. The maximum absolute atomic E-state index is 13.7. The fourth-order valence-electron chi connectivity index (χ4n) is 3.85. The first-order valence-electron chi connectivity index (χ1n) is 10.7. The molecule has 0 bridgehead atoms. The number of benzene rings is 1. The molecule has 2 aromatic heterocycles. The van der Waals surface area contributed by atoms with E-state index in [1.165, 1.54) is 16.4 Å². The monoisotopic (exact) mass is 489 g/mol. The zero-order valence-corrected chi connectivity index (χ0v) is 20.2. The third-order valence-corrected chi connectivity index (χ3v) is 8.33. The summed E-state index contributed by atoms with van der Waals surface area (Å²) in [7, 11) is -3.30. The highest BCUT2D eigenvalue weighted by atomic mass is 35.5. The lowest BCUT2D eigenvalue weighted by molar-refractivity contribution is 0.380. The van der Waals surface area contributed by atoms with E-state index in [4.69, 9.17) is 21.6 Å². The summed E-state index contributed by atoms with van der Waals surface area (Å²) in [5, 5.41) is -0.0275. The molecule has 10 heteroatoms. The lowest BCUT2D eigenvalue weighted by Crippen LogP contribution is -2.50. The van der Waals surface area contributed by atoms with Crippen molar-refractivity contribution in [2.45, 2.75) is 26.0 Å². The minimum absolute atomic E-state index is 0.321. The molecule has 0 unspecified atom stereocenters. The molecule has 0 atom stereocenters. The summed E-state index contributed by atoms with van der Waals surface area (Å²) in [5.41, 5.74) is 3.31. The lowest BCUT2D eigenvalue weighted by Gasteiger charge is -2.35. The van der Waals surface area contributed by atoms with Crippen molar-refractivity contribution >= 4 is 27.4 Å². The summed E-state index contributed by atoms with van der Waals surface area (Å²) < 4.78 is 40.2. The second kappa shape index (κ2) is 9.32. The zero-order chi connectivity index (χ0) is 23.8. The van der Waals surface area contributed by atoms with Gasteiger partial charge < -0.3 is 4.90 Å². The van der Waals surface area contributed by atoms with Crippen molar-refractivity contribution in [1.82, 2.24) is 19.3 Å². The molecular weight excluding hydrogens is 465 g/mol. The molecule has 4 rings (SSSR count). The van der Waals surface area contributed by atoms with E-state index in [9.17, 15) is 12.8 Å². The normalized spacial score (nSPS) is 15.3. The third-order valence-electron chi connectivity index (χ3n) is 5.75. The van der Waals surface area contributed by atoms with Crippen molar-refractivity contribution in [3.05, 3.63) is 59.3 Å². The molecule has 3 aromatic rings. The molecule has 33 heavy (non-hydrogen) atoms. The summed E-state index contributed by atoms with van der Waals surface area (Å²) in [6.07, 6.45) is 4.85. The first-order chi connectivity index (χ1) is 15.7. The van der Waals surface area contributed by atoms with Gasteiger partial charge in [-0.1, -0.05) is 11.6 Å². The van der Waals surface area contributed by atoms with Crippen LogP contribution in [0.4, 0.5) is 10.2 Å². The van der Waals surface area contributed by atoms with Gasteiger partial charge in [0, 0.05) is 49.7 Å². The maximum atomic E-state index is 13.7. The van der Waals surface area contributed by atoms with Crippen LogP contribution in [-0.2, 0) is 10.0 Å². The number of hydrogen-bond donors (Lipinski definition) is 0. The molecular formula is C23H25ClFN5O2S. The van der Waals surface area contributed by atoms with Crippen LogP contribution in [0.1, 0.15) is 19.4 Å². The molecule has 0 saturated carbocycles. The van der Waals surface area contributed by atoms with Gasteiger partial charge >= 0.3 is 0 Å². The molecule has 0 radical (unpaired) electrons. The number of aromatic nitrogens is 3. The van der Waals surface area contributed by atoms with E-state index >= 15 is 0 Å². The highest BCUT2D eigenvalue weighted by Crippen LogP contribution is 2.35. The number of aryl methyl sites for hydroxylation is 1. The summed E-state index contributed by atoms with van der Waals surface area (Å²) in [4.78, 5) is 15.6. The van der Waals surface area contributed by atoms with Gasteiger partial charge in [0.1, 0.15) is 17.3 Å². The van der Waals surface area contributed by atoms with E-state index in [0.717, 1.165) is 11.1 Å². The maximum Gasteiger partial charge on any atom is 0.216 e. The van der Waals surface area contributed by atoms with Gasteiger partial charge in [-0.15, -0.1) is 0 Å². The van der Waals surface area contributed by atoms with E-state index in [0.29, 0.717) is 54.0 Å². The first kappa shape index (κ1) is 23.5. The van der Waals surface area contributed by atoms with Crippen molar-refractivity contribution < 1.29 is 12.8 Å². The number of pyridine rings is 1. The largest absolute Gasteiger partial charge is 0.353 e. The van der Waals surface area contributed by atoms with Crippen molar-refractivity contribution in [2.24, 2.45) is 0 Å². The van der Waals surface area contributed by atoms with Gasteiger partial charge in [-0.3, -0.25) is 9.97 Å². The second-order valence-electron chi connectivity index (χ2n) is 8.22. The first-order valence-corrected chi connectivity index (χ1v) is 12.5. The van der Waals surface area contributed by atoms with Crippen LogP contribution in [0.2, 0.25) is 5.02 Å². The molecule has 3 heterocycles. The SMILES string of the molecule is Cc1cc(F)ccc1-c1ncc(N2CCN(S(=O)(=O)C(C)C)CC2)nc1-c1ccncc1Cl. The van der Waals surface area contributed by atoms with Gasteiger partial charge in [-0.2, -0.15) is 4.31 Å². The van der Waals surface area contributed by atoms with E-state index in [-0.39, 0.29) is 5.82 Å². The fraction of sp³-hybridized carbons (Fsp3) is 0.348. The number of rotatable bonds is 5. The van der Waals surface area contributed by atoms with Crippen LogP contribution in [-0.4, -0.2) is 59.1 Å². The Morgan fingerprint density at radius 1 is 1.03 bits per heavy atom. The van der Waals surface area contributed by atoms with Crippen LogP contribution in [0.5, 0.6) is 0 Å². The van der Waals surface area contributed by atoms with E-state index in [2.05, 4.69) is 4.98 Å². The van der Waals surface area contributed by atoms with Crippen LogP contribution in [0.25, 0.3) is 22.5 Å².